The van der Waals surface area contributed by atoms with Crippen LogP contribution in [0.3, 0.4) is 0 Å². The van der Waals surface area contributed by atoms with Gasteiger partial charge in [0.15, 0.2) is 17.5 Å². The van der Waals surface area contributed by atoms with Crippen LogP contribution in [0, 0.1) is 6.92 Å². The first-order valence-corrected chi connectivity index (χ1v) is 10.1. The molecule has 7 heteroatoms. The summed E-state index contributed by atoms with van der Waals surface area (Å²) in [7, 11) is 0. The van der Waals surface area contributed by atoms with Crippen molar-refractivity contribution in [2.24, 2.45) is 4.99 Å². The molecule has 1 fully saturated rings. The van der Waals surface area contributed by atoms with Gasteiger partial charge in [-0.15, -0.1) is 0 Å². The maximum Gasteiger partial charge on any atom is 0.231 e. The number of hydrogen-bond donors (Lipinski definition) is 3. The van der Waals surface area contributed by atoms with Gasteiger partial charge in [0.25, 0.3) is 0 Å². The molecule has 0 radical (unpaired) electrons. The Bertz CT molecular complexity index is 899. The Kier molecular flexibility index (Phi) is 5.17. The first-order valence-electron chi connectivity index (χ1n) is 10.1. The normalized spacial score (nSPS) is 19.0. The van der Waals surface area contributed by atoms with Gasteiger partial charge >= 0.3 is 0 Å². The minimum atomic E-state index is -1.16. The molecule has 4 rings (SSSR count). The molecule has 0 bridgehead atoms. The van der Waals surface area contributed by atoms with Crippen molar-refractivity contribution in [3.8, 4) is 11.5 Å². The van der Waals surface area contributed by atoms with Gasteiger partial charge in [-0.3, -0.25) is 0 Å². The molecular formula is C22H29N3O4. The van der Waals surface area contributed by atoms with Crippen molar-refractivity contribution >= 4 is 5.96 Å². The van der Waals surface area contributed by atoms with Gasteiger partial charge < -0.3 is 29.6 Å². The lowest BCUT2D eigenvalue weighted by Crippen LogP contribution is -2.42. The summed E-state index contributed by atoms with van der Waals surface area (Å²) in [4.78, 5) is 4.59. The van der Waals surface area contributed by atoms with Crippen LogP contribution in [0.5, 0.6) is 11.5 Å². The van der Waals surface area contributed by atoms with Gasteiger partial charge in [-0.2, -0.15) is 0 Å². The zero-order chi connectivity index (χ0) is 20.5. The molecule has 1 aliphatic heterocycles. The number of fused-ring (bicyclic) bond motifs is 1. The molecule has 1 aromatic heterocycles. The number of aryl methyl sites for hydroxylation is 1. The maximum atomic E-state index is 10.7. The number of hydrogen-bond acceptors (Lipinski definition) is 5. The summed E-state index contributed by atoms with van der Waals surface area (Å²) >= 11 is 0. The molecule has 0 spiro atoms. The summed E-state index contributed by atoms with van der Waals surface area (Å²) in [6.07, 6.45) is 2.23. The first kappa shape index (κ1) is 19.6. The third kappa shape index (κ3) is 4.19. The van der Waals surface area contributed by atoms with Crippen LogP contribution in [-0.4, -0.2) is 37.5 Å². The largest absolute Gasteiger partial charge is 0.463 e. The summed E-state index contributed by atoms with van der Waals surface area (Å²) in [6.45, 7) is 7.59. The minimum absolute atomic E-state index is 0.0812. The second kappa shape index (κ2) is 7.63. The number of aliphatic imine (C=N–C) groups is 1. The van der Waals surface area contributed by atoms with Crippen LogP contribution in [0.2, 0.25) is 0 Å². The monoisotopic (exact) mass is 399 g/mol. The second-order valence-corrected chi connectivity index (χ2v) is 8.08. The van der Waals surface area contributed by atoms with E-state index in [1.165, 1.54) is 5.56 Å². The van der Waals surface area contributed by atoms with Crippen LogP contribution in [0.25, 0.3) is 0 Å². The van der Waals surface area contributed by atoms with Gasteiger partial charge in [0.2, 0.25) is 6.79 Å². The van der Waals surface area contributed by atoms with E-state index in [0.717, 1.165) is 43.2 Å². The van der Waals surface area contributed by atoms with Crippen LogP contribution >= 0.6 is 0 Å². The van der Waals surface area contributed by atoms with Crippen LogP contribution < -0.4 is 20.1 Å². The Morgan fingerprint density at radius 1 is 1.17 bits per heavy atom. The average molecular weight is 399 g/mol. The molecular weight excluding hydrogens is 370 g/mol. The number of benzene rings is 1. The van der Waals surface area contributed by atoms with E-state index >= 15 is 0 Å². The SMILES string of the molecule is CCNC(=NCC(C)(O)c1ccc(C)o1)NCC1(c2ccc3c(c2)OCO3)CC1. The van der Waals surface area contributed by atoms with Crippen LogP contribution in [0.4, 0.5) is 0 Å². The number of aliphatic hydroxyl groups is 1. The summed E-state index contributed by atoms with van der Waals surface area (Å²) in [5, 5.41) is 17.4. The van der Waals surface area contributed by atoms with E-state index in [0.29, 0.717) is 11.7 Å². The van der Waals surface area contributed by atoms with E-state index in [1.54, 1.807) is 13.0 Å². The summed E-state index contributed by atoms with van der Waals surface area (Å²) in [5.74, 6) is 3.60. The predicted octanol–water partition coefficient (Wildman–Crippen LogP) is 2.81. The topological polar surface area (TPSA) is 88.3 Å². The Labute approximate surface area is 171 Å². The molecule has 0 saturated heterocycles. The maximum absolute atomic E-state index is 10.7. The van der Waals surface area contributed by atoms with Crippen molar-refractivity contribution in [2.75, 3.05) is 26.4 Å². The van der Waals surface area contributed by atoms with Gasteiger partial charge in [-0.05, 0) is 63.4 Å². The van der Waals surface area contributed by atoms with Crippen molar-refractivity contribution in [2.45, 2.75) is 44.6 Å². The predicted molar refractivity (Wildman–Crippen MR) is 110 cm³/mol. The van der Waals surface area contributed by atoms with Gasteiger partial charge in [0.1, 0.15) is 17.1 Å². The fourth-order valence-corrected chi connectivity index (χ4v) is 3.57. The Morgan fingerprint density at radius 3 is 2.66 bits per heavy atom. The summed E-state index contributed by atoms with van der Waals surface area (Å²) in [6, 6.07) is 9.84. The van der Waals surface area contributed by atoms with E-state index in [9.17, 15) is 5.11 Å². The van der Waals surface area contributed by atoms with E-state index in [2.05, 4.69) is 27.8 Å². The smallest absolute Gasteiger partial charge is 0.231 e. The number of ether oxygens (including phenoxy) is 2. The zero-order valence-corrected chi connectivity index (χ0v) is 17.2. The quantitative estimate of drug-likeness (QED) is 0.490. The number of nitrogens with one attached hydrogen (secondary N) is 2. The second-order valence-electron chi connectivity index (χ2n) is 8.08. The number of furan rings is 1. The van der Waals surface area contributed by atoms with Gasteiger partial charge in [0, 0.05) is 18.5 Å². The Morgan fingerprint density at radius 2 is 1.97 bits per heavy atom. The lowest BCUT2D eigenvalue weighted by Gasteiger charge is -2.22. The van der Waals surface area contributed by atoms with Gasteiger partial charge in [-0.25, -0.2) is 4.99 Å². The van der Waals surface area contributed by atoms with E-state index in [4.69, 9.17) is 13.9 Å². The fourth-order valence-electron chi connectivity index (χ4n) is 3.57. The molecule has 1 atom stereocenters. The fraction of sp³-hybridized carbons (Fsp3) is 0.500. The number of rotatable bonds is 7. The molecule has 1 unspecified atom stereocenters. The molecule has 29 heavy (non-hydrogen) atoms. The van der Waals surface area contributed by atoms with Gasteiger partial charge in [0.05, 0.1) is 6.54 Å². The summed E-state index contributed by atoms with van der Waals surface area (Å²) < 4.78 is 16.5. The highest BCUT2D eigenvalue weighted by atomic mass is 16.7. The third-order valence-corrected chi connectivity index (χ3v) is 5.59. The molecule has 3 N–H and O–H groups in total. The molecule has 2 aliphatic rings. The first-order chi connectivity index (χ1) is 13.9. The van der Waals surface area contributed by atoms with Crippen molar-refractivity contribution in [3.63, 3.8) is 0 Å². The van der Waals surface area contributed by atoms with Crippen molar-refractivity contribution < 1.29 is 19.0 Å². The molecule has 7 nitrogen and oxygen atoms in total. The van der Waals surface area contributed by atoms with Crippen LogP contribution in [-0.2, 0) is 11.0 Å². The highest BCUT2D eigenvalue weighted by molar-refractivity contribution is 5.80. The highest BCUT2D eigenvalue weighted by Gasteiger charge is 2.44. The lowest BCUT2D eigenvalue weighted by molar-refractivity contribution is 0.0428. The Hall–Kier alpha value is -2.67. The van der Waals surface area contributed by atoms with Gasteiger partial charge in [-0.1, -0.05) is 6.07 Å². The lowest BCUT2D eigenvalue weighted by atomic mass is 9.95. The molecule has 1 aliphatic carbocycles. The number of nitrogens with zero attached hydrogens (tertiary/aromatic N) is 1. The van der Waals surface area contributed by atoms with Crippen LogP contribution in [0.1, 0.15) is 43.8 Å². The van der Waals surface area contributed by atoms with E-state index in [-0.39, 0.29) is 18.8 Å². The molecule has 2 heterocycles. The molecule has 0 amide bonds. The number of guanidine groups is 1. The minimum Gasteiger partial charge on any atom is -0.463 e. The Balaban J connectivity index is 1.42. The molecule has 156 valence electrons. The zero-order valence-electron chi connectivity index (χ0n) is 17.2. The van der Waals surface area contributed by atoms with E-state index in [1.807, 2.05) is 26.0 Å². The molecule has 1 aromatic carbocycles. The summed E-state index contributed by atoms with van der Waals surface area (Å²) in [5.41, 5.74) is 0.173. The molecule has 1 saturated carbocycles. The van der Waals surface area contributed by atoms with Crippen molar-refractivity contribution in [3.05, 3.63) is 47.4 Å². The standard InChI is InChI=1S/C22H29N3O4/c1-4-23-20(24-12-21(3,26)19-8-5-15(2)29-19)25-13-22(9-10-22)16-6-7-17-18(11-16)28-14-27-17/h5-8,11,26H,4,9-10,12-14H2,1-3H3,(H2,23,24,25). The van der Waals surface area contributed by atoms with Crippen molar-refractivity contribution in [1.82, 2.24) is 10.6 Å². The van der Waals surface area contributed by atoms with Crippen molar-refractivity contribution in [1.29, 1.82) is 0 Å². The average Bonchev–Trinajstić information content (AvgIpc) is 3.11. The van der Waals surface area contributed by atoms with Crippen LogP contribution in [0.15, 0.2) is 39.7 Å². The third-order valence-electron chi connectivity index (χ3n) is 5.59. The van der Waals surface area contributed by atoms with E-state index < -0.39 is 5.60 Å². The highest BCUT2D eigenvalue weighted by Crippen LogP contribution is 2.49. The molecule has 2 aromatic rings.